The molecule has 198 valence electrons. The highest BCUT2D eigenvalue weighted by Gasteiger charge is 2.20. The maximum Gasteiger partial charge on any atom is 0.252 e. The lowest BCUT2D eigenvalue weighted by Crippen LogP contribution is -2.38. The Morgan fingerprint density at radius 2 is 1.64 bits per heavy atom. The molecule has 1 amide bonds. The van der Waals surface area contributed by atoms with E-state index in [1.165, 1.54) is 11.1 Å². The molecule has 7 heteroatoms. The number of nitrogens with one attached hydrogen (secondary N) is 3. The molecule has 0 aliphatic rings. The minimum Gasteiger partial charge on any atom is -0.361 e. The third kappa shape index (κ3) is 6.54. The summed E-state index contributed by atoms with van der Waals surface area (Å²) >= 11 is 7.19. The van der Waals surface area contributed by atoms with Crippen LogP contribution in [0.15, 0.2) is 108 Å². The van der Waals surface area contributed by atoms with Crippen molar-refractivity contribution in [3.8, 4) is 11.1 Å². The van der Waals surface area contributed by atoms with Crippen molar-refractivity contribution < 1.29 is 9.35 Å². The molecule has 39 heavy (non-hydrogen) atoms. The molecule has 1 heterocycles. The molecule has 1 aromatic heterocycles. The number of carbonyl (C=O) groups is 1. The van der Waals surface area contributed by atoms with Gasteiger partial charge in [0.2, 0.25) is 0 Å². The zero-order chi connectivity index (χ0) is 27.0. The van der Waals surface area contributed by atoms with Crippen molar-refractivity contribution in [1.82, 2.24) is 15.6 Å². The normalized spacial score (nSPS) is 11.9. The number of hydrogen-bond acceptors (Lipinski definition) is 4. The van der Waals surface area contributed by atoms with Gasteiger partial charge in [-0.05, 0) is 54.8 Å². The van der Waals surface area contributed by atoms with Gasteiger partial charge in [-0.15, -0.1) is 0 Å². The first-order valence-corrected chi connectivity index (χ1v) is 14.1. The number of amides is 1. The van der Waals surface area contributed by atoms with Gasteiger partial charge in [0.25, 0.3) is 5.91 Å². The summed E-state index contributed by atoms with van der Waals surface area (Å²) in [6.07, 6.45) is 3.35. The zero-order valence-corrected chi connectivity index (χ0v) is 22.9. The standard InChI is InChI=1S/C32H30ClN3O2S/c33-28-12-7-13-29(39-38)30(28)27-15-14-26(25-17-19-35-31(25)27)32(37)36-24(20-22-8-3-1-4-9-22)16-18-34-21-23-10-5-2-6-11-23/h1-15,17,19,24,34-35,38H,16,18,20-21H2,(H,36,37). The van der Waals surface area contributed by atoms with Gasteiger partial charge in [0.15, 0.2) is 0 Å². The highest BCUT2D eigenvalue weighted by molar-refractivity contribution is 7.94. The Morgan fingerprint density at radius 1 is 0.897 bits per heavy atom. The Hall–Kier alpha value is -3.55. The minimum absolute atomic E-state index is 0.0437. The smallest absolute Gasteiger partial charge is 0.252 e. The van der Waals surface area contributed by atoms with E-state index in [1.54, 1.807) is 12.1 Å². The molecule has 0 radical (unpaired) electrons. The fourth-order valence-electron chi connectivity index (χ4n) is 4.90. The van der Waals surface area contributed by atoms with Crippen LogP contribution >= 0.6 is 23.6 Å². The maximum absolute atomic E-state index is 13.6. The average Bonchev–Trinajstić information content (AvgIpc) is 3.46. The van der Waals surface area contributed by atoms with E-state index in [-0.39, 0.29) is 11.9 Å². The molecule has 0 fully saturated rings. The largest absolute Gasteiger partial charge is 0.361 e. The summed E-state index contributed by atoms with van der Waals surface area (Å²) in [5.74, 6) is -0.119. The lowest BCUT2D eigenvalue weighted by molar-refractivity contribution is 0.0936. The average molecular weight is 556 g/mol. The van der Waals surface area contributed by atoms with Crippen molar-refractivity contribution in [2.24, 2.45) is 0 Å². The Morgan fingerprint density at radius 3 is 2.38 bits per heavy atom. The monoisotopic (exact) mass is 555 g/mol. The predicted octanol–water partition coefficient (Wildman–Crippen LogP) is 7.57. The van der Waals surface area contributed by atoms with Crippen LogP contribution in [0.3, 0.4) is 0 Å². The Bertz CT molecular complexity index is 1540. The lowest BCUT2D eigenvalue weighted by atomic mass is 9.98. The number of halogens is 1. The molecule has 0 aliphatic heterocycles. The summed E-state index contributed by atoms with van der Waals surface area (Å²) in [7, 11) is 0. The van der Waals surface area contributed by atoms with Gasteiger partial charge in [-0.1, -0.05) is 84.4 Å². The quantitative estimate of drug-likeness (QED) is 0.100. The zero-order valence-electron chi connectivity index (χ0n) is 21.4. The fourth-order valence-corrected chi connectivity index (χ4v) is 5.68. The predicted molar refractivity (Wildman–Crippen MR) is 161 cm³/mol. The van der Waals surface area contributed by atoms with Crippen LogP contribution in [0.25, 0.3) is 22.0 Å². The second kappa shape index (κ2) is 13.0. The Kier molecular flexibility index (Phi) is 9.01. The first-order chi connectivity index (χ1) is 19.1. The second-order valence-electron chi connectivity index (χ2n) is 9.44. The number of benzene rings is 4. The van der Waals surface area contributed by atoms with E-state index in [9.17, 15) is 9.35 Å². The number of hydrogen-bond donors (Lipinski definition) is 4. The number of aromatic nitrogens is 1. The van der Waals surface area contributed by atoms with Gasteiger partial charge < -0.3 is 20.2 Å². The van der Waals surface area contributed by atoms with Gasteiger partial charge in [0, 0.05) is 62.8 Å². The van der Waals surface area contributed by atoms with Crippen LogP contribution in [0, 0.1) is 0 Å². The summed E-state index contributed by atoms with van der Waals surface area (Å²) in [4.78, 5) is 17.6. The van der Waals surface area contributed by atoms with Crippen molar-refractivity contribution in [3.63, 3.8) is 0 Å². The molecule has 0 aliphatic carbocycles. The van der Waals surface area contributed by atoms with E-state index in [4.69, 9.17) is 11.6 Å². The van der Waals surface area contributed by atoms with Crippen LogP contribution in [0.4, 0.5) is 0 Å². The third-order valence-corrected chi connectivity index (χ3v) is 7.66. The summed E-state index contributed by atoms with van der Waals surface area (Å²) in [5, 5.41) is 8.14. The molecule has 0 bridgehead atoms. The molecule has 5 rings (SSSR count). The van der Waals surface area contributed by atoms with E-state index in [0.717, 1.165) is 48.0 Å². The molecule has 0 saturated carbocycles. The molecule has 5 nitrogen and oxygen atoms in total. The SMILES string of the molecule is O=C(NC(CCNCc1ccccc1)Cc1ccccc1)c1ccc(-c2c(Cl)cccc2SO)c2[nH]ccc12. The van der Waals surface area contributed by atoms with E-state index in [2.05, 4.69) is 39.9 Å². The van der Waals surface area contributed by atoms with Crippen LogP contribution in [-0.4, -0.2) is 28.0 Å². The number of fused-ring (bicyclic) bond motifs is 1. The van der Waals surface area contributed by atoms with Gasteiger partial charge >= 0.3 is 0 Å². The first kappa shape index (κ1) is 27.0. The number of rotatable bonds is 11. The topological polar surface area (TPSA) is 77.2 Å². The number of aromatic amines is 1. The van der Waals surface area contributed by atoms with Gasteiger partial charge in [0.05, 0.1) is 5.52 Å². The van der Waals surface area contributed by atoms with Crippen molar-refractivity contribution in [2.45, 2.75) is 30.3 Å². The van der Waals surface area contributed by atoms with Crippen LogP contribution in [-0.2, 0) is 13.0 Å². The van der Waals surface area contributed by atoms with Gasteiger partial charge in [-0.2, -0.15) is 0 Å². The molecule has 0 saturated heterocycles. The first-order valence-electron chi connectivity index (χ1n) is 12.9. The molecule has 0 spiro atoms. The molecule has 4 aromatic carbocycles. The van der Waals surface area contributed by atoms with Crippen LogP contribution in [0.5, 0.6) is 0 Å². The molecule has 1 atom stereocenters. The van der Waals surface area contributed by atoms with Crippen LogP contribution in [0.1, 0.15) is 27.9 Å². The molecular weight excluding hydrogens is 526 g/mol. The van der Waals surface area contributed by atoms with Crippen molar-refractivity contribution in [2.75, 3.05) is 6.54 Å². The third-order valence-electron chi connectivity index (χ3n) is 6.81. The molecule has 5 aromatic rings. The minimum atomic E-state index is -0.119. The van der Waals surface area contributed by atoms with Gasteiger partial charge in [-0.3, -0.25) is 4.79 Å². The number of H-pyrrole nitrogens is 1. The summed E-state index contributed by atoms with van der Waals surface area (Å²) in [6, 6.07) is 31.6. The second-order valence-corrected chi connectivity index (χ2v) is 10.5. The molecular formula is C32H30ClN3O2S. The highest BCUT2D eigenvalue weighted by Crippen LogP contribution is 2.40. The maximum atomic E-state index is 13.6. The van der Waals surface area contributed by atoms with Crippen molar-refractivity contribution in [3.05, 3.63) is 125 Å². The van der Waals surface area contributed by atoms with Gasteiger partial charge in [0.1, 0.15) is 0 Å². The van der Waals surface area contributed by atoms with Crippen LogP contribution < -0.4 is 10.6 Å². The Labute approximate surface area is 237 Å². The van der Waals surface area contributed by atoms with E-state index in [0.29, 0.717) is 27.5 Å². The van der Waals surface area contributed by atoms with Crippen molar-refractivity contribution in [1.29, 1.82) is 0 Å². The van der Waals surface area contributed by atoms with E-state index >= 15 is 0 Å². The van der Waals surface area contributed by atoms with Gasteiger partial charge in [-0.25, -0.2) is 0 Å². The molecule has 4 N–H and O–H groups in total. The van der Waals surface area contributed by atoms with E-state index < -0.39 is 0 Å². The number of carbonyl (C=O) groups excluding carboxylic acids is 1. The molecule has 1 unspecified atom stereocenters. The lowest BCUT2D eigenvalue weighted by Gasteiger charge is -2.20. The Balaban J connectivity index is 1.36. The summed E-state index contributed by atoms with van der Waals surface area (Å²) in [5.41, 5.74) is 5.38. The summed E-state index contributed by atoms with van der Waals surface area (Å²) < 4.78 is 9.82. The fraction of sp³-hybridized carbons (Fsp3) is 0.156. The summed E-state index contributed by atoms with van der Waals surface area (Å²) in [6.45, 7) is 1.56. The van der Waals surface area contributed by atoms with E-state index in [1.807, 2.05) is 66.9 Å². The van der Waals surface area contributed by atoms with Crippen LogP contribution in [0.2, 0.25) is 5.02 Å². The highest BCUT2D eigenvalue weighted by atomic mass is 35.5. The van der Waals surface area contributed by atoms with Crippen molar-refractivity contribution >= 4 is 40.5 Å².